The van der Waals surface area contributed by atoms with Gasteiger partial charge in [0.1, 0.15) is 5.60 Å². The van der Waals surface area contributed by atoms with Crippen molar-refractivity contribution in [3.8, 4) is 0 Å². The Morgan fingerprint density at radius 3 is 0.722 bits per heavy atom. The van der Waals surface area contributed by atoms with Crippen LogP contribution in [-0.4, -0.2) is 75.8 Å². The minimum Gasteiger partial charge on any atom is -0.481 e. The Bertz CT molecular complexity index is 917. The number of ketones is 1. The van der Waals surface area contributed by atoms with E-state index in [2.05, 4.69) is 67.1 Å². The van der Waals surface area contributed by atoms with Crippen LogP contribution in [0, 0.1) is 37.9 Å². The van der Waals surface area contributed by atoms with Gasteiger partial charge in [-0.1, -0.05) is 104 Å². The lowest BCUT2D eigenvalue weighted by Crippen LogP contribution is -2.40. The summed E-state index contributed by atoms with van der Waals surface area (Å²) in [6.45, 7) is 54.9. The third-order valence-electron chi connectivity index (χ3n) is 6.98. The molecular weight excluding hydrogens is 684 g/mol. The highest BCUT2D eigenvalue weighted by Crippen LogP contribution is 2.36. The SMILES string of the molecule is CC(C)(C)C(=O)C(C)(C)O.CC(C)(C)C(=O)O.CC(C)(C)C(C)(C)C.CC(C)(C)CC(C)(C)O.CC(C)(C)CO.COC(=O)C(C)(C)C.COC(C)(C)C. The number of ether oxygens (including phenoxy) is 2. The zero-order valence-corrected chi connectivity index (χ0v) is 41.7. The summed E-state index contributed by atoms with van der Waals surface area (Å²) in [5, 5.41) is 35.3. The molecule has 0 heterocycles. The number of carbonyl (C=O) groups excluding carboxylic acids is 2. The van der Waals surface area contributed by atoms with E-state index in [0.29, 0.717) is 10.8 Å². The van der Waals surface area contributed by atoms with Crippen LogP contribution in [0.15, 0.2) is 0 Å². The Labute approximate surface area is 337 Å². The molecule has 0 bridgehead atoms. The van der Waals surface area contributed by atoms with Gasteiger partial charge in [0, 0.05) is 19.1 Å². The Kier molecular flexibility index (Phi) is 31.9. The molecule has 4 N–H and O–H groups in total. The van der Waals surface area contributed by atoms with Crippen molar-refractivity contribution in [3.63, 3.8) is 0 Å². The minimum absolute atomic E-state index is 0.0417. The highest BCUT2D eigenvalue weighted by molar-refractivity contribution is 5.90. The molecule has 0 aliphatic heterocycles. The maximum absolute atomic E-state index is 11.2. The van der Waals surface area contributed by atoms with E-state index >= 15 is 0 Å². The van der Waals surface area contributed by atoms with E-state index in [0.717, 1.165) is 6.42 Å². The molecule has 0 rings (SSSR count). The summed E-state index contributed by atoms with van der Waals surface area (Å²) in [6.07, 6.45) is 0.847. The summed E-state index contributed by atoms with van der Waals surface area (Å²) in [5.41, 5.74) is -1.85. The summed E-state index contributed by atoms with van der Waals surface area (Å²) >= 11 is 0. The van der Waals surface area contributed by atoms with Gasteiger partial charge < -0.3 is 29.9 Å². The van der Waals surface area contributed by atoms with Gasteiger partial charge in [-0.2, -0.15) is 0 Å². The minimum atomic E-state index is -1.20. The average molecular weight is 783 g/mol. The van der Waals surface area contributed by atoms with Crippen molar-refractivity contribution < 1.29 is 44.3 Å². The van der Waals surface area contributed by atoms with Gasteiger partial charge in [0.25, 0.3) is 0 Å². The number of carboxylic acids is 1. The van der Waals surface area contributed by atoms with Crippen molar-refractivity contribution in [3.05, 3.63) is 0 Å². The predicted octanol–water partition coefficient (Wildman–Crippen LogP) is 11.4. The van der Waals surface area contributed by atoms with E-state index < -0.39 is 28.0 Å². The highest BCUT2D eigenvalue weighted by Gasteiger charge is 2.33. The van der Waals surface area contributed by atoms with E-state index in [1.54, 1.807) is 48.7 Å². The molecule has 0 spiro atoms. The zero-order chi connectivity index (χ0) is 46.6. The summed E-state index contributed by atoms with van der Waals surface area (Å²) in [6, 6.07) is 0. The first-order valence-electron chi connectivity index (χ1n) is 19.1. The lowest BCUT2D eigenvalue weighted by atomic mass is 9.71. The van der Waals surface area contributed by atoms with Crippen molar-refractivity contribution in [2.75, 3.05) is 20.8 Å². The van der Waals surface area contributed by atoms with Crippen molar-refractivity contribution in [2.24, 2.45) is 37.9 Å². The fraction of sp³-hybridized carbons (Fsp3) is 0.933. The number of aliphatic carboxylic acids is 1. The van der Waals surface area contributed by atoms with Crippen LogP contribution in [-0.2, 0) is 23.9 Å². The number of carboxylic acid groups (broad SMARTS) is 1. The van der Waals surface area contributed by atoms with Gasteiger partial charge in [-0.05, 0) is 118 Å². The first kappa shape index (κ1) is 67.2. The van der Waals surface area contributed by atoms with Crippen molar-refractivity contribution in [1.82, 2.24) is 0 Å². The number of carbonyl (C=O) groups is 3. The third kappa shape index (κ3) is 59.7. The molecule has 0 amide bonds. The van der Waals surface area contributed by atoms with E-state index in [4.69, 9.17) is 14.9 Å². The van der Waals surface area contributed by atoms with E-state index in [9.17, 15) is 24.6 Å². The second-order valence-corrected chi connectivity index (χ2v) is 23.5. The molecule has 0 aromatic carbocycles. The predicted molar refractivity (Wildman–Crippen MR) is 232 cm³/mol. The number of hydrogen-bond acceptors (Lipinski definition) is 8. The van der Waals surface area contributed by atoms with Gasteiger partial charge in [0.15, 0.2) is 5.78 Å². The van der Waals surface area contributed by atoms with Gasteiger partial charge in [-0.25, -0.2) is 0 Å². The first-order valence-corrected chi connectivity index (χ1v) is 19.1. The first-order chi connectivity index (χ1) is 22.7. The molecule has 0 radical (unpaired) electrons. The third-order valence-corrected chi connectivity index (χ3v) is 6.98. The molecule has 0 atom stereocenters. The van der Waals surface area contributed by atoms with Crippen molar-refractivity contribution >= 4 is 17.7 Å². The molecule has 0 aliphatic carbocycles. The van der Waals surface area contributed by atoms with Gasteiger partial charge in [0.05, 0.1) is 29.1 Å². The monoisotopic (exact) mass is 783 g/mol. The fourth-order valence-corrected chi connectivity index (χ4v) is 2.52. The number of rotatable bonds is 2. The lowest BCUT2D eigenvalue weighted by Gasteiger charge is -2.34. The second kappa shape index (κ2) is 25.7. The standard InChI is InChI=1S/C8H16O2.C8H18O.C8H18.C6H12O2.C5H10O2.2C5H12O/c1-7(2,3)6(9)8(4,5)10;1-7(2,3)6-8(4,5)9;1-7(2,3)8(4,5)6;1-6(2,3)5(7)8-4;1-5(2,3)4(6)7;1-5(2,3)6-4;1-5(2,3)4-6/h10H,1-5H3;9H,6H2,1-5H3;1-6H3;1-4H3;1-3H3,(H,6,7);1-4H3;6H,4H2,1-3H3. The molecule has 9 nitrogen and oxygen atoms in total. The zero-order valence-electron chi connectivity index (χ0n) is 41.7. The van der Waals surface area contributed by atoms with E-state index in [1.807, 2.05) is 76.2 Å². The molecule has 0 saturated carbocycles. The van der Waals surface area contributed by atoms with E-state index in [1.165, 1.54) is 21.0 Å². The number of aliphatic hydroxyl groups excluding tert-OH is 1. The quantitative estimate of drug-likeness (QED) is 0.201. The smallest absolute Gasteiger partial charge is 0.310 e. The Morgan fingerprint density at radius 1 is 0.481 bits per heavy atom. The highest BCUT2D eigenvalue weighted by atomic mass is 16.5. The summed E-state index contributed by atoms with van der Waals surface area (Å²) in [7, 11) is 3.10. The average Bonchev–Trinajstić information content (AvgIpc) is 2.83. The van der Waals surface area contributed by atoms with Crippen LogP contribution in [0.25, 0.3) is 0 Å². The van der Waals surface area contributed by atoms with Crippen LogP contribution in [0.5, 0.6) is 0 Å². The number of methoxy groups -OCH3 is 2. The van der Waals surface area contributed by atoms with Crippen LogP contribution in [0.3, 0.4) is 0 Å². The number of aliphatic hydroxyl groups is 3. The fourth-order valence-electron chi connectivity index (χ4n) is 2.52. The topological polar surface area (TPSA) is 151 Å². The van der Waals surface area contributed by atoms with Gasteiger partial charge >= 0.3 is 11.9 Å². The molecule has 0 aromatic heterocycles. The second-order valence-electron chi connectivity index (χ2n) is 23.5. The molecule has 9 heteroatoms. The number of esters is 1. The van der Waals surface area contributed by atoms with Crippen LogP contribution < -0.4 is 0 Å². The maximum atomic E-state index is 11.2. The van der Waals surface area contributed by atoms with E-state index in [-0.39, 0.29) is 40.2 Å². The van der Waals surface area contributed by atoms with Crippen LogP contribution >= 0.6 is 0 Å². The lowest BCUT2D eigenvalue weighted by molar-refractivity contribution is -0.149. The van der Waals surface area contributed by atoms with Gasteiger partial charge in [-0.3, -0.25) is 14.4 Å². The molecular formula is C45H98O9. The molecule has 0 aliphatic rings. The Balaban J connectivity index is -0.0000000961. The molecule has 0 fully saturated rings. The van der Waals surface area contributed by atoms with Crippen molar-refractivity contribution in [2.45, 2.75) is 217 Å². The Morgan fingerprint density at radius 2 is 0.722 bits per heavy atom. The summed E-state index contributed by atoms with van der Waals surface area (Å²) in [4.78, 5) is 31.9. The molecule has 0 saturated heterocycles. The summed E-state index contributed by atoms with van der Waals surface area (Å²) in [5.74, 6) is -1.05. The number of hydrogen-bond donors (Lipinski definition) is 4. The largest absolute Gasteiger partial charge is 0.481 e. The summed E-state index contributed by atoms with van der Waals surface area (Å²) < 4.78 is 9.41. The van der Waals surface area contributed by atoms with Crippen LogP contribution in [0.1, 0.15) is 200 Å². The van der Waals surface area contributed by atoms with Gasteiger partial charge in [0.2, 0.25) is 0 Å². The Hall–Kier alpha value is -1.55. The maximum Gasteiger partial charge on any atom is 0.310 e. The van der Waals surface area contributed by atoms with Crippen molar-refractivity contribution in [1.29, 1.82) is 0 Å². The van der Waals surface area contributed by atoms with Crippen LogP contribution in [0.4, 0.5) is 0 Å². The normalized spacial score (nSPS) is 12.7. The molecule has 0 aromatic rings. The molecule has 332 valence electrons. The van der Waals surface area contributed by atoms with Crippen LogP contribution in [0.2, 0.25) is 0 Å². The van der Waals surface area contributed by atoms with Gasteiger partial charge in [-0.15, -0.1) is 0 Å². The molecule has 0 unspecified atom stereocenters. The number of Topliss-reactive ketones (excluding diaryl/α,β-unsaturated/α-hetero) is 1. The molecule has 54 heavy (non-hydrogen) atoms.